The minimum absolute atomic E-state index is 0.0751. The number of aromatic nitrogens is 2. The second-order valence-corrected chi connectivity index (χ2v) is 5.27. The van der Waals surface area contributed by atoms with Gasteiger partial charge in [-0.1, -0.05) is 23.7 Å². The lowest BCUT2D eigenvalue weighted by Gasteiger charge is -2.09. The van der Waals surface area contributed by atoms with Crippen molar-refractivity contribution < 1.29 is 9.53 Å². The standard InChI is InChI=1S/C16H19ClN4O2/c1-12-6-7-15(21-20-12)18-9-10-19-16(22)8-11-23-14-5-3-2-4-13(14)17/h2-7H,8-11H2,1H3,(H,18,21)(H,19,22). The molecule has 0 saturated heterocycles. The number of hydrogen-bond donors (Lipinski definition) is 2. The van der Waals surface area contributed by atoms with Crippen LogP contribution in [0, 0.1) is 6.92 Å². The van der Waals surface area contributed by atoms with Crippen LogP contribution in [0.15, 0.2) is 36.4 Å². The molecule has 0 aliphatic heterocycles. The van der Waals surface area contributed by atoms with Crippen molar-refractivity contribution in [2.24, 2.45) is 0 Å². The summed E-state index contributed by atoms with van der Waals surface area (Å²) in [7, 11) is 0. The Morgan fingerprint density at radius 2 is 2.00 bits per heavy atom. The lowest BCUT2D eigenvalue weighted by atomic mass is 10.3. The van der Waals surface area contributed by atoms with Gasteiger partial charge in [-0.3, -0.25) is 4.79 Å². The molecular formula is C16H19ClN4O2. The zero-order chi connectivity index (χ0) is 16.5. The molecule has 0 aliphatic carbocycles. The Balaban J connectivity index is 1.58. The summed E-state index contributed by atoms with van der Waals surface area (Å²) in [5.74, 6) is 1.20. The molecule has 2 aromatic rings. The van der Waals surface area contributed by atoms with E-state index >= 15 is 0 Å². The monoisotopic (exact) mass is 334 g/mol. The molecule has 7 heteroatoms. The van der Waals surface area contributed by atoms with E-state index in [0.29, 0.717) is 29.7 Å². The van der Waals surface area contributed by atoms with Gasteiger partial charge in [0.05, 0.1) is 23.7 Å². The number of carbonyl (C=O) groups is 1. The predicted octanol–water partition coefficient (Wildman–Crippen LogP) is 2.44. The first kappa shape index (κ1) is 17.0. The van der Waals surface area contributed by atoms with Crippen molar-refractivity contribution in [2.75, 3.05) is 25.0 Å². The van der Waals surface area contributed by atoms with Crippen molar-refractivity contribution in [1.29, 1.82) is 0 Å². The van der Waals surface area contributed by atoms with Gasteiger partial charge in [0.1, 0.15) is 11.6 Å². The van der Waals surface area contributed by atoms with Crippen LogP contribution in [0.2, 0.25) is 5.02 Å². The van der Waals surface area contributed by atoms with E-state index in [1.54, 1.807) is 12.1 Å². The van der Waals surface area contributed by atoms with E-state index in [9.17, 15) is 4.79 Å². The highest BCUT2D eigenvalue weighted by Crippen LogP contribution is 2.22. The topological polar surface area (TPSA) is 76.1 Å². The number of nitrogens with zero attached hydrogens (tertiary/aromatic N) is 2. The average molecular weight is 335 g/mol. The van der Waals surface area contributed by atoms with Gasteiger partial charge in [0, 0.05) is 13.1 Å². The Labute approximate surface area is 140 Å². The number of nitrogens with one attached hydrogen (secondary N) is 2. The molecule has 1 aromatic heterocycles. The van der Waals surface area contributed by atoms with Crippen LogP contribution in [0.3, 0.4) is 0 Å². The van der Waals surface area contributed by atoms with Crippen molar-refractivity contribution in [2.45, 2.75) is 13.3 Å². The summed E-state index contributed by atoms with van der Waals surface area (Å²) in [6, 6.07) is 10.9. The van der Waals surface area contributed by atoms with Crippen molar-refractivity contribution in [3.05, 3.63) is 47.1 Å². The maximum Gasteiger partial charge on any atom is 0.223 e. The zero-order valence-corrected chi connectivity index (χ0v) is 13.6. The molecule has 1 aromatic carbocycles. The maximum atomic E-state index is 11.7. The van der Waals surface area contributed by atoms with E-state index < -0.39 is 0 Å². The number of hydrogen-bond acceptors (Lipinski definition) is 5. The summed E-state index contributed by atoms with van der Waals surface area (Å²) in [5, 5.41) is 14.3. The normalized spacial score (nSPS) is 10.2. The van der Waals surface area contributed by atoms with Gasteiger partial charge in [0.25, 0.3) is 0 Å². The number of aryl methyl sites for hydroxylation is 1. The summed E-state index contributed by atoms with van der Waals surface area (Å²) in [5.41, 5.74) is 0.863. The third-order valence-corrected chi connectivity index (χ3v) is 3.29. The summed E-state index contributed by atoms with van der Waals surface area (Å²) >= 11 is 5.97. The highest BCUT2D eigenvalue weighted by Gasteiger charge is 2.03. The number of benzene rings is 1. The third kappa shape index (κ3) is 6.12. The summed E-state index contributed by atoms with van der Waals surface area (Å²) in [6.45, 7) is 3.24. The van der Waals surface area contributed by atoms with Gasteiger partial charge in [-0.05, 0) is 31.2 Å². The van der Waals surface area contributed by atoms with Crippen LogP contribution in [0.25, 0.3) is 0 Å². The van der Waals surface area contributed by atoms with Gasteiger partial charge < -0.3 is 15.4 Å². The Bertz CT molecular complexity index is 634. The van der Waals surface area contributed by atoms with Crippen LogP contribution >= 0.6 is 11.6 Å². The highest BCUT2D eigenvalue weighted by atomic mass is 35.5. The zero-order valence-electron chi connectivity index (χ0n) is 12.9. The molecule has 1 amide bonds. The number of carbonyl (C=O) groups excluding carboxylic acids is 1. The number of amides is 1. The third-order valence-electron chi connectivity index (χ3n) is 2.97. The molecular weight excluding hydrogens is 316 g/mol. The number of anilines is 1. The smallest absolute Gasteiger partial charge is 0.223 e. The maximum absolute atomic E-state index is 11.7. The molecule has 0 saturated carbocycles. The summed E-state index contributed by atoms with van der Waals surface area (Å²) in [6.07, 6.45) is 0.273. The molecule has 0 radical (unpaired) electrons. The minimum Gasteiger partial charge on any atom is -0.491 e. The number of rotatable bonds is 8. The van der Waals surface area contributed by atoms with Crippen LogP contribution in [0.4, 0.5) is 5.82 Å². The Hall–Kier alpha value is -2.34. The number of para-hydroxylation sites is 1. The van der Waals surface area contributed by atoms with E-state index in [0.717, 1.165) is 5.69 Å². The Morgan fingerprint density at radius 1 is 1.17 bits per heavy atom. The fourth-order valence-corrected chi connectivity index (χ4v) is 1.98. The van der Waals surface area contributed by atoms with Gasteiger partial charge in [-0.25, -0.2) is 0 Å². The predicted molar refractivity (Wildman–Crippen MR) is 89.8 cm³/mol. The first-order valence-electron chi connectivity index (χ1n) is 7.33. The Kier molecular flexibility index (Phi) is 6.62. The molecule has 0 unspecified atom stereocenters. The second-order valence-electron chi connectivity index (χ2n) is 4.87. The molecule has 6 nitrogen and oxygen atoms in total. The largest absolute Gasteiger partial charge is 0.491 e. The number of ether oxygens (including phenoxy) is 1. The fraction of sp³-hybridized carbons (Fsp3) is 0.312. The first-order chi connectivity index (χ1) is 11.1. The van der Waals surface area contributed by atoms with E-state index in [1.807, 2.05) is 31.2 Å². The summed E-state index contributed by atoms with van der Waals surface area (Å²) in [4.78, 5) is 11.7. The van der Waals surface area contributed by atoms with Gasteiger partial charge in [0.2, 0.25) is 5.91 Å². The first-order valence-corrected chi connectivity index (χ1v) is 7.71. The molecule has 0 bridgehead atoms. The van der Waals surface area contributed by atoms with Crippen LogP contribution < -0.4 is 15.4 Å². The fourth-order valence-electron chi connectivity index (χ4n) is 1.79. The molecule has 2 N–H and O–H groups in total. The lowest BCUT2D eigenvalue weighted by Crippen LogP contribution is -2.29. The highest BCUT2D eigenvalue weighted by molar-refractivity contribution is 6.32. The van der Waals surface area contributed by atoms with E-state index in [2.05, 4.69) is 20.8 Å². The quantitative estimate of drug-likeness (QED) is 0.725. The molecule has 2 rings (SSSR count). The van der Waals surface area contributed by atoms with Gasteiger partial charge in [0.15, 0.2) is 0 Å². The minimum atomic E-state index is -0.0751. The summed E-state index contributed by atoms with van der Waals surface area (Å²) < 4.78 is 5.47. The Morgan fingerprint density at radius 3 is 2.74 bits per heavy atom. The average Bonchev–Trinajstić information content (AvgIpc) is 2.55. The lowest BCUT2D eigenvalue weighted by molar-refractivity contribution is -0.121. The van der Waals surface area contributed by atoms with Gasteiger partial charge in [-0.2, -0.15) is 5.10 Å². The molecule has 1 heterocycles. The van der Waals surface area contributed by atoms with Crippen LogP contribution in [0.5, 0.6) is 5.75 Å². The van der Waals surface area contributed by atoms with Crippen molar-refractivity contribution in [3.8, 4) is 5.75 Å². The van der Waals surface area contributed by atoms with Crippen molar-refractivity contribution >= 4 is 23.3 Å². The van der Waals surface area contributed by atoms with E-state index in [1.165, 1.54) is 0 Å². The van der Waals surface area contributed by atoms with Crippen molar-refractivity contribution in [3.63, 3.8) is 0 Å². The van der Waals surface area contributed by atoms with Gasteiger partial charge >= 0.3 is 0 Å². The van der Waals surface area contributed by atoms with E-state index in [-0.39, 0.29) is 18.9 Å². The van der Waals surface area contributed by atoms with E-state index in [4.69, 9.17) is 16.3 Å². The molecule has 0 atom stereocenters. The van der Waals surface area contributed by atoms with Crippen molar-refractivity contribution in [1.82, 2.24) is 15.5 Å². The van der Waals surface area contributed by atoms with Crippen LogP contribution in [-0.4, -0.2) is 35.8 Å². The second kappa shape index (κ2) is 8.95. The molecule has 23 heavy (non-hydrogen) atoms. The SMILES string of the molecule is Cc1ccc(NCCNC(=O)CCOc2ccccc2Cl)nn1. The molecule has 122 valence electrons. The number of halogens is 1. The van der Waals surface area contributed by atoms with Crippen LogP contribution in [-0.2, 0) is 4.79 Å². The van der Waals surface area contributed by atoms with Gasteiger partial charge in [-0.15, -0.1) is 5.10 Å². The molecule has 0 aliphatic rings. The molecule has 0 fully saturated rings. The van der Waals surface area contributed by atoms with Crippen LogP contribution in [0.1, 0.15) is 12.1 Å². The molecule has 0 spiro atoms.